The first-order valence-corrected chi connectivity index (χ1v) is 7.46. The van der Waals surface area contributed by atoms with Gasteiger partial charge in [-0.15, -0.1) is 0 Å². The summed E-state index contributed by atoms with van der Waals surface area (Å²) in [5, 5.41) is 9.44. The van der Waals surface area contributed by atoms with Crippen LogP contribution in [0.4, 0.5) is 0 Å². The third-order valence-corrected chi connectivity index (χ3v) is 4.03. The monoisotopic (exact) mass is 286 g/mol. The van der Waals surface area contributed by atoms with Gasteiger partial charge >= 0.3 is 11.9 Å². The second-order valence-corrected chi connectivity index (χ2v) is 5.76. The maximum atomic E-state index is 12.3. The Bertz CT molecular complexity index is 333. The maximum Gasteiger partial charge on any atom is 0.315 e. The molecule has 1 saturated carbocycles. The van der Waals surface area contributed by atoms with E-state index in [1.807, 2.05) is 6.92 Å². The molecule has 1 N–H and O–H groups in total. The number of rotatable bonds is 6. The lowest BCUT2D eigenvalue weighted by Gasteiger charge is -2.31. The molecule has 1 fully saturated rings. The summed E-state index contributed by atoms with van der Waals surface area (Å²) in [7, 11) is 0. The molecule has 0 aromatic carbocycles. The number of aliphatic hydroxyl groups excluding tert-OH is 1. The second kappa shape index (κ2) is 7.62. The molecule has 5 heteroatoms. The van der Waals surface area contributed by atoms with Gasteiger partial charge in [-0.3, -0.25) is 9.59 Å². The predicted octanol–water partition coefficient (Wildman–Crippen LogP) is 2.20. The fourth-order valence-electron chi connectivity index (χ4n) is 2.10. The third kappa shape index (κ3) is 4.78. The zero-order valence-electron chi connectivity index (χ0n) is 12.7. The van der Waals surface area contributed by atoms with Crippen molar-refractivity contribution in [3.63, 3.8) is 0 Å². The number of aliphatic hydroxyl groups is 1. The number of hydrogen-bond donors (Lipinski definition) is 1. The maximum absolute atomic E-state index is 12.3. The molecule has 5 nitrogen and oxygen atoms in total. The number of hydrogen-bond acceptors (Lipinski definition) is 5. The minimum Gasteiger partial charge on any atom is -0.464 e. The molecule has 1 rings (SSSR count). The van der Waals surface area contributed by atoms with Crippen molar-refractivity contribution >= 4 is 11.9 Å². The lowest BCUT2D eigenvalue weighted by atomic mass is 9.88. The minimum atomic E-state index is -0.791. The number of ether oxygens (including phenoxy) is 2. The molecule has 20 heavy (non-hydrogen) atoms. The van der Waals surface area contributed by atoms with E-state index in [1.54, 1.807) is 13.8 Å². The summed E-state index contributed by atoms with van der Waals surface area (Å²) >= 11 is 0. The van der Waals surface area contributed by atoms with Crippen molar-refractivity contribution in [2.45, 2.75) is 71.5 Å². The molecule has 0 aliphatic heterocycles. The van der Waals surface area contributed by atoms with Crippen LogP contribution in [-0.4, -0.2) is 35.9 Å². The van der Waals surface area contributed by atoms with E-state index in [0.717, 1.165) is 0 Å². The van der Waals surface area contributed by atoms with Gasteiger partial charge in [-0.05, 0) is 39.0 Å². The van der Waals surface area contributed by atoms with Crippen molar-refractivity contribution in [1.82, 2.24) is 0 Å². The number of carbonyl (C=O) groups is 2. The molecule has 0 radical (unpaired) electrons. The van der Waals surface area contributed by atoms with Gasteiger partial charge in [0, 0.05) is 6.42 Å². The summed E-state index contributed by atoms with van der Waals surface area (Å²) in [5.41, 5.74) is -0.791. The highest BCUT2D eigenvalue weighted by molar-refractivity contribution is 5.77. The molecule has 1 aliphatic rings. The number of esters is 2. The van der Waals surface area contributed by atoms with E-state index in [2.05, 4.69) is 0 Å². The van der Waals surface area contributed by atoms with Crippen LogP contribution < -0.4 is 0 Å². The summed E-state index contributed by atoms with van der Waals surface area (Å²) in [5.74, 6) is -0.622. The fraction of sp³-hybridized carbons (Fsp3) is 0.867. The molecule has 0 heterocycles. The zero-order chi connectivity index (χ0) is 15.2. The SMILES string of the molecule is CCC(=O)OCC(C)(CC)C(=O)OC1CCC(O)CC1. The van der Waals surface area contributed by atoms with Crippen LogP contribution >= 0.6 is 0 Å². The quantitative estimate of drug-likeness (QED) is 0.758. The Kier molecular flexibility index (Phi) is 6.46. The topological polar surface area (TPSA) is 72.8 Å². The van der Waals surface area contributed by atoms with Gasteiger partial charge in [-0.2, -0.15) is 0 Å². The average molecular weight is 286 g/mol. The predicted molar refractivity (Wildman–Crippen MR) is 74.0 cm³/mol. The van der Waals surface area contributed by atoms with Crippen LogP contribution in [-0.2, 0) is 19.1 Å². The Balaban J connectivity index is 2.50. The van der Waals surface area contributed by atoms with Crippen molar-refractivity contribution in [1.29, 1.82) is 0 Å². The summed E-state index contributed by atoms with van der Waals surface area (Å²) in [6, 6.07) is 0. The standard InChI is InChI=1S/C15H26O5/c1-4-13(17)19-10-15(3,5-2)14(18)20-12-8-6-11(16)7-9-12/h11-12,16H,4-10H2,1-3H3. The van der Waals surface area contributed by atoms with Gasteiger partial charge in [0.1, 0.15) is 12.7 Å². The highest BCUT2D eigenvalue weighted by Crippen LogP contribution is 2.28. The molecule has 116 valence electrons. The van der Waals surface area contributed by atoms with Crippen LogP contribution in [0.15, 0.2) is 0 Å². The molecule has 1 atom stereocenters. The summed E-state index contributed by atoms with van der Waals surface area (Å²) in [6.45, 7) is 5.42. The van der Waals surface area contributed by atoms with Gasteiger partial charge in [-0.25, -0.2) is 0 Å². The van der Waals surface area contributed by atoms with Gasteiger partial charge in [-0.1, -0.05) is 13.8 Å². The molecule has 1 aliphatic carbocycles. The summed E-state index contributed by atoms with van der Waals surface area (Å²) < 4.78 is 10.6. The molecule has 0 aromatic heterocycles. The first kappa shape index (κ1) is 17.0. The Morgan fingerprint density at radius 3 is 2.30 bits per heavy atom. The van der Waals surface area contributed by atoms with Crippen LogP contribution in [0.5, 0.6) is 0 Å². The Morgan fingerprint density at radius 1 is 1.20 bits per heavy atom. The molecular formula is C15H26O5. The van der Waals surface area contributed by atoms with E-state index >= 15 is 0 Å². The highest BCUT2D eigenvalue weighted by atomic mass is 16.6. The van der Waals surface area contributed by atoms with Crippen molar-refractivity contribution in [3.05, 3.63) is 0 Å². The Hall–Kier alpha value is -1.10. The zero-order valence-corrected chi connectivity index (χ0v) is 12.7. The molecule has 0 bridgehead atoms. The van der Waals surface area contributed by atoms with Crippen LogP contribution in [0.25, 0.3) is 0 Å². The van der Waals surface area contributed by atoms with E-state index in [-0.39, 0.29) is 30.8 Å². The smallest absolute Gasteiger partial charge is 0.315 e. The van der Waals surface area contributed by atoms with Crippen molar-refractivity contribution < 1.29 is 24.2 Å². The number of carbonyl (C=O) groups excluding carboxylic acids is 2. The van der Waals surface area contributed by atoms with Gasteiger partial charge in [0.15, 0.2) is 0 Å². The Labute approximate surface area is 120 Å². The van der Waals surface area contributed by atoms with E-state index < -0.39 is 5.41 Å². The minimum absolute atomic E-state index is 0.0599. The van der Waals surface area contributed by atoms with Gasteiger partial charge < -0.3 is 14.6 Å². The second-order valence-electron chi connectivity index (χ2n) is 5.76. The largest absolute Gasteiger partial charge is 0.464 e. The van der Waals surface area contributed by atoms with Gasteiger partial charge in [0.25, 0.3) is 0 Å². The van der Waals surface area contributed by atoms with Crippen LogP contribution in [0.2, 0.25) is 0 Å². The van der Waals surface area contributed by atoms with Gasteiger partial charge in [0.2, 0.25) is 0 Å². The lowest BCUT2D eigenvalue weighted by molar-refractivity contribution is -0.169. The summed E-state index contributed by atoms with van der Waals surface area (Å²) in [6.07, 6.45) is 3.19. The van der Waals surface area contributed by atoms with Gasteiger partial charge in [0.05, 0.1) is 11.5 Å². The van der Waals surface area contributed by atoms with Crippen LogP contribution in [0, 0.1) is 5.41 Å². The first-order chi connectivity index (χ1) is 9.41. The molecule has 0 aromatic rings. The lowest BCUT2D eigenvalue weighted by Crippen LogP contribution is -2.38. The molecular weight excluding hydrogens is 260 g/mol. The highest BCUT2D eigenvalue weighted by Gasteiger charge is 2.36. The van der Waals surface area contributed by atoms with Crippen molar-refractivity contribution in [3.8, 4) is 0 Å². The third-order valence-electron chi connectivity index (χ3n) is 4.03. The fourth-order valence-corrected chi connectivity index (χ4v) is 2.10. The van der Waals surface area contributed by atoms with E-state index in [1.165, 1.54) is 0 Å². The molecule has 0 amide bonds. The molecule has 0 spiro atoms. The first-order valence-electron chi connectivity index (χ1n) is 7.46. The van der Waals surface area contributed by atoms with E-state index in [0.29, 0.717) is 38.5 Å². The Morgan fingerprint density at radius 2 is 1.80 bits per heavy atom. The van der Waals surface area contributed by atoms with Crippen LogP contribution in [0.3, 0.4) is 0 Å². The summed E-state index contributed by atoms with van der Waals surface area (Å²) in [4.78, 5) is 23.5. The molecule has 0 saturated heterocycles. The van der Waals surface area contributed by atoms with E-state index in [4.69, 9.17) is 9.47 Å². The van der Waals surface area contributed by atoms with E-state index in [9.17, 15) is 14.7 Å². The molecule has 1 unspecified atom stereocenters. The normalized spacial score (nSPS) is 25.6. The van der Waals surface area contributed by atoms with Crippen LogP contribution in [0.1, 0.15) is 59.3 Å². The van der Waals surface area contributed by atoms with Crippen molar-refractivity contribution in [2.24, 2.45) is 5.41 Å². The van der Waals surface area contributed by atoms with Crippen molar-refractivity contribution in [2.75, 3.05) is 6.61 Å². The average Bonchev–Trinajstić information content (AvgIpc) is 2.46.